The van der Waals surface area contributed by atoms with Crippen molar-refractivity contribution < 1.29 is 14.0 Å². The van der Waals surface area contributed by atoms with Crippen molar-refractivity contribution in [2.24, 2.45) is 7.05 Å². The summed E-state index contributed by atoms with van der Waals surface area (Å²) in [5.41, 5.74) is 0.0155. The summed E-state index contributed by atoms with van der Waals surface area (Å²) in [4.78, 5) is 47.4. The lowest BCUT2D eigenvalue weighted by Gasteiger charge is -2.49. The lowest BCUT2D eigenvalue weighted by Crippen LogP contribution is -2.63. The second-order valence-corrected chi connectivity index (χ2v) is 6.94. The van der Waals surface area contributed by atoms with Crippen LogP contribution in [0.5, 0.6) is 0 Å². The van der Waals surface area contributed by atoms with E-state index in [0.717, 1.165) is 19.3 Å². The predicted octanol–water partition coefficient (Wildman–Crippen LogP) is 0.529. The van der Waals surface area contributed by atoms with Gasteiger partial charge in [-0.1, -0.05) is 0 Å². The van der Waals surface area contributed by atoms with Crippen molar-refractivity contribution in [3.05, 3.63) is 40.2 Å². The van der Waals surface area contributed by atoms with Gasteiger partial charge >= 0.3 is 5.69 Å². The van der Waals surface area contributed by atoms with E-state index in [9.17, 15) is 14.4 Å². The van der Waals surface area contributed by atoms with Gasteiger partial charge in [-0.15, -0.1) is 0 Å². The van der Waals surface area contributed by atoms with E-state index in [0.29, 0.717) is 24.7 Å². The van der Waals surface area contributed by atoms with Gasteiger partial charge in [0.25, 0.3) is 11.8 Å². The third-order valence-electron chi connectivity index (χ3n) is 5.30. The van der Waals surface area contributed by atoms with Gasteiger partial charge in [-0.25, -0.2) is 9.78 Å². The van der Waals surface area contributed by atoms with Crippen LogP contribution in [0.1, 0.15) is 46.2 Å². The number of nitrogens with one attached hydrogen (secondary N) is 1. The Morgan fingerprint density at radius 2 is 1.92 bits per heavy atom. The molecule has 0 radical (unpaired) electrons. The molecule has 2 unspecified atom stereocenters. The lowest BCUT2D eigenvalue weighted by molar-refractivity contribution is -0.00112. The number of aryl methyl sites for hydroxylation is 1. The summed E-state index contributed by atoms with van der Waals surface area (Å²) in [7, 11) is 1.57. The highest BCUT2D eigenvalue weighted by atomic mass is 16.4. The molecule has 4 rings (SSSR count). The number of piperazine rings is 1. The normalized spacial score (nSPS) is 22.5. The molecule has 0 spiro atoms. The van der Waals surface area contributed by atoms with Gasteiger partial charge < -0.3 is 19.2 Å². The molecule has 2 aromatic rings. The summed E-state index contributed by atoms with van der Waals surface area (Å²) in [6.07, 6.45) is 5.60. The lowest BCUT2D eigenvalue weighted by atomic mass is 9.90. The van der Waals surface area contributed by atoms with Gasteiger partial charge in [-0.05, 0) is 19.3 Å². The maximum absolute atomic E-state index is 12.9. The van der Waals surface area contributed by atoms with Crippen LogP contribution >= 0.6 is 0 Å². The Morgan fingerprint density at radius 3 is 2.46 bits per heavy atom. The zero-order valence-corrected chi connectivity index (χ0v) is 14.8. The largest absolute Gasteiger partial charge is 0.436 e. The van der Waals surface area contributed by atoms with Gasteiger partial charge in [0.1, 0.15) is 5.69 Å². The molecular formula is C17H21N5O4. The van der Waals surface area contributed by atoms with Gasteiger partial charge in [-0.3, -0.25) is 14.2 Å². The number of rotatable bonds is 2. The molecule has 0 aromatic carbocycles. The molecule has 9 heteroatoms. The molecule has 4 heterocycles. The quantitative estimate of drug-likeness (QED) is 0.842. The standard InChI is InChI=1S/C17H21N5O4/c1-10-18-7-14(26-10)16(24)22-11-4-3-5-12(22)9-21(8-11)15(23)13-6-19-17(25)20(13)2/h6-7,11-12H,3-5,8-9H2,1-2H3,(H,19,25). The molecule has 2 amide bonds. The third-order valence-corrected chi connectivity index (χ3v) is 5.30. The molecule has 0 saturated carbocycles. The molecule has 138 valence electrons. The molecule has 2 atom stereocenters. The molecule has 26 heavy (non-hydrogen) atoms. The number of amides is 2. The van der Waals surface area contributed by atoms with Gasteiger partial charge in [0.05, 0.1) is 18.3 Å². The van der Waals surface area contributed by atoms with Crippen LogP contribution in [0.4, 0.5) is 0 Å². The fraction of sp³-hybridized carbons (Fsp3) is 0.529. The Morgan fingerprint density at radius 1 is 1.23 bits per heavy atom. The smallest absolute Gasteiger partial charge is 0.325 e. The van der Waals surface area contributed by atoms with Gasteiger partial charge in [0.2, 0.25) is 5.76 Å². The van der Waals surface area contributed by atoms with Crippen LogP contribution in [-0.4, -0.2) is 61.3 Å². The van der Waals surface area contributed by atoms with Crippen molar-refractivity contribution in [3.8, 4) is 0 Å². The maximum Gasteiger partial charge on any atom is 0.325 e. The molecule has 2 aliphatic rings. The molecule has 2 bridgehead atoms. The average Bonchev–Trinajstić information content (AvgIpc) is 3.19. The Hall–Kier alpha value is -2.84. The highest BCUT2D eigenvalue weighted by Gasteiger charge is 2.43. The number of aromatic nitrogens is 3. The second-order valence-electron chi connectivity index (χ2n) is 6.94. The molecular weight excluding hydrogens is 338 g/mol. The van der Waals surface area contributed by atoms with E-state index in [4.69, 9.17) is 4.42 Å². The van der Waals surface area contributed by atoms with Crippen LogP contribution in [-0.2, 0) is 7.05 Å². The van der Waals surface area contributed by atoms with Crippen molar-refractivity contribution in [3.63, 3.8) is 0 Å². The van der Waals surface area contributed by atoms with E-state index < -0.39 is 0 Å². The zero-order chi connectivity index (χ0) is 18.4. The minimum absolute atomic E-state index is 0.0553. The first-order valence-corrected chi connectivity index (χ1v) is 8.74. The molecule has 1 N–H and O–H groups in total. The van der Waals surface area contributed by atoms with Gasteiger partial charge in [-0.2, -0.15) is 0 Å². The van der Waals surface area contributed by atoms with E-state index in [1.54, 1.807) is 18.9 Å². The molecule has 9 nitrogen and oxygen atoms in total. The SMILES string of the molecule is Cc1ncc(C(=O)N2C3CCCC2CN(C(=O)c2c[nH]c(=O)n2C)C3)o1. The Bertz CT molecular complexity index is 896. The first-order valence-electron chi connectivity index (χ1n) is 8.74. The van der Waals surface area contributed by atoms with Gasteiger partial charge in [0, 0.05) is 33.3 Å². The number of imidazole rings is 1. The average molecular weight is 359 g/mol. The van der Waals surface area contributed by atoms with Crippen molar-refractivity contribution >= 4 is 11.8 Å². The van der Waals surface area contributed by atoms with Crippen LogP contribution in [0, 0.1) is 6.92 Å². The van der Waals surface area contributed by atoms with E-state index in [1.807, 2.05) is 4.90 Å². The van der Waals surface area contributed by atoms with Crippen LogP contribution < -0.4 is 5.69 Å². The maximum atomic E-state index is 12.9. The zero-order valence-electron chi connectivity index (χ0n) is 14.8. The van der Waals surface area contributed by atoms with Crippen molar-refractivity contribution in [1.82, 2.24) is 24.3 Å². The number of nitrogens with zero attached hydrogens (tertiary/aromatic N) is 4. The predicted molar refractivity (Wildman–Crippen MR) is 90.8 cm³/mol. The Labute approximate surface area is 149 Å². The van der Waals surface area contributed by atoms with E-state index >= 15 is 0 Å². The number of aromatic amines is 1. The summed E-state index contributed by atoms with van der Waals surface area (Å²) in [5.74, 6) is 0.347. The number of hydrogen-bond donors (Lipinski definition) is 1. The summed E-state index contributed by atoms with van der Waals surface area (Å²) in [6.45, 7) is 2.61. The number of likely N-dealkylation sites (tertiary alicyclic amines) is 1. The van der Waals surface area contributed by atoms with E-state index in [2.05, 4.69) is 9.97 Å². The molecule has 2 fully saturated rings. The van der Waals surface area contributed by atoms with Crippen LogP contribution in [0.2, 0.25) is 0 Å². The third kappa shape index (κ3) is 2.63. The summed E-state index contributed by atoms with van der Waals surface area (Å²) in [6, 6.07) is -0.111. The Kier molecular flexibility index (Phi) is 3.93. The van der Waals surface area contributed by atoms with Crippen LogP contribution in [0.15, 0.2) is 21.6 Å². The highest BCUT2D eigenvalue weighted by molar-refractivity contribution is 5.94. The monoisotopic (exact) mass is 359 g/mol. The molecule has 0 aliphatic carbocycles. The first kappa shape index (κ1) is 16.6. The fourth-order valence-corrected chi connectivity index (χ4v) is 3.99. The minimum Gasteiger partial charge on any atom is -0.436 e. The summed E-state index contributed by atoms with van der Waals surface area (Å²) < 4.78 is 6.71. The summed E-state index contributed by atoms with van der Waals surface area (Å²) in [5, 5.41) is 0. The number of oxazole rings is 1. The van der Waals surface area contributed by atoms with E-state index in [-0.39, 0.29) is 35.3 Å². The second kappa shape index (κ2) is 6.15. The molecule has 2 aromatic heterocycles. The van der Waals surface area contributed by atoms with Crippen LogP contribution in [0.25, 0.3) is 0 Å². The number of fused-ring (bicyclic) bond motifs is 2. The topological polar surface area (TPSA) is 104 Å². The van der Waals surface area contributed by atoms with Crippen molar-refractivity contribution in [2.45, 2.75) is 38.3 Å². The first-order chi connectivity index (χ1) is 12.5. The number of piperidine rings is 1. The fourth-order valence-electron chi connectivity index (χ4n) is 3.99. The number of carbonyl (C=O) groups excluding carboxylic acids is 2. The number of H-pyrrole nitrogens is 1. The highest BCUT2D eigenvalue weighted by Crippen LogP contribution is 2.31. The summed E-state index contributed by atoms with van der Waals surface area (Å²) >= 11 is 0. The number of carbonyl (C=O) groups is 2. The van der Waals surface area contributed by atoms with Gasteiger partial charge in [0.15, 0.2) is 5.89 Å². The van der Waals surface area contributed by atoms with Crippen molar-refractivity contribution in [1.29, 1.82) is 0 Å². The van der Waals surface area contributed by atoms with Crippen molar-refractivity contribution in [2.75, 3.05) is 13.1 Å². The molecule has 2 aliphatic heterocycles. The Balaban J connectivity index is 1.57. The minimum atomic E-state index is -0.317. The number of hydrogen-bond acceptors (Lipinski definition) is 5. The van der Waals surface area contributed by atoms with Crippen LogP contribution in [0.3, 0.4) is 0 Å². The molecule has 2 saturated heterocycles. The van der Waals surface area contributed by atoms with E-state index in [1.165, 1.54) is 17.0 Å².